The summed E-state index contributed by atoms with van der Waals surface area (Å²) in [7, 11) is 0. The molecule has 0 bridgehead atoms. The Morgan fingerprint density at radius 2 is 1.86 bits per heavy atom. The topological polar surface area (TPSA) is 29.1 Å². The van der Waals surface area contributed by atoms with Crippen LogP contribution in [0.3, 0.4) is 0 Å². The average Bonchev–Trinajstić information content (AvgIpc) is 2.56. The van der Waals surface area contributed by atoms with Gasteiger partial charge >= 0.3 is 0 Å². The summed E-state index contributed by atoms with van der Waals surface area (Å²) in [6.07, 6.45) is 9.83. The molecule has 0 aliphatic carbocycles. The van der Waals surface area contributed by atoms with E-state index in [1.807, 2.05) is 18.2 Å². The lowest BCUT2D eigenvalue weighted by Crippen LogP contribution is -2.45. The van der Waals surface area contributed by atoms with Gasteiger partial charge in [0.05, 0.1) is 5.41 Å². The van der Waals surface area contributed by atoms with Gasteiger partial charge in [-0.3, -0.25) is 4.79 Å². The van der Waals surface area contributed by atoms with Crippen molar-refractivity contribution in [3.05, 3.63) is 34.9 Å². The van der Waals surface area contributed by atoms with Gasteiger partial charge in [0, 0.05) is 5.56 Å². The third-order valence-electron chi connectivity index (χ3n) is 4.55. The minimum atomic E-state index is -0.345. The fourth-order valence-corrected chi connectivity index (χ4v) is 2.89. The van der Waals surface area contributed by atoms with Gasteiger partial charge in [-0.1, -0.05) is 38.7 Å². The Hall–Kier alpha value is -1.59. The van der Waals surface area contributed by atoms with Gasteiger partial charge in [0.1, 0.15) is 5.78 Å². The Balaban J connectivity index is 0.000000541. The summed E-state index contributed by atoms with van der Waals surface area (Å²) in [5.41, 5.74) is 2.79. The molecule has 120 valence electrons. The number of hydrogen-bond acceptors (Lipinski definition) is 2. The number of carbonyl (C=O) groups excluding carboxylic acids is 1. The van der Waals surface area contributed by atoms with Crippen molar-refractivity contribution in [2.75, 3.05) is 13.1 Å². The normalized spacial score (nSPS) is 16.1. The Kier molecular flexibility index (Phi) is 7.35. The molecule has 1 heterocycles. The van der Waals surface area contributed by atoms with E-state index in [0.717, 1.165) is 42.6 Å². The zero-order valence-corrected chi connectivity index (χ0v) is 14.5. The third-order valence-corrected chi connectivity index (χ3v) is 4.55. The number of terminal acetylenes is 1. The summed E-state index contributed by atoms with van der Waals surface area (Å²) in [5.74, 6) is 2.91. The van der Waals surface area contributed by atoms with Crippen molar-refractivity contribution in [1.29, 1.82) is 0 Å². The largest absolute Gasteiger partial charge is 0.317 e. The second-order valence-corrected chi connectivity index (χ2v) is 6.06. The van der Waals surface area contributed by atoms with Crippen molar-refractivity contribution in [1.82, 2.24) is 5.32 Å². The molecule has 2 nitrogen and oxygen atoms in total. The zero-order chi connectivity index (χ0) is 16.6. The van der Waals surface area contributed by atoms with Crippen LogP contribution in [0.4, 0.5) is 0 Å². The second kappa shape index (κ2) is 8.76. The number of hydrogen-bond donors (Lipinski definition) is 1. The minimum Gasteiger partial charge on any atom is -0.317 e. The number of ketones is 1. The highest BCUT2D eigenvalue weighted by Gasteiger charge is 2.39. The second-order valence-electron chi connectivity index (χ2n) is 6.06. The first-order chi connectivity index (χ1) is 10.5. The maximum Gasteiger partial charge on any atom is 0.140 e. The predicted octanol–water partition coefficient (Wildman–Crippen LogP) is 3.99. The Morgan fingerprint density at radius 1 is 1.27 bits per heavy atom. The van der Waals surface area contributed by atoms with Crippen molar-refractivity contribution >= 4 is 5.78 Å². The van der Waals surface area contributed by atoms with Crippen LogP contribution in [-0.4, -0.2) is 18.9 Å². The minimum absolute atomic E-state index is 0.251. The van der Waals surface area contributed by atoms with Crippen LogP contribution in [0.5, 0.6) is 0 Å². The maximum absolute atomic E-state index is 12.2. The molecule has 1 aromatic carbocycles. The smallest absolute Gasteiger partial charge is 0.140 e. The van der Waals surface area contributed by atoms with E-state index in [1.54, 1.807) is 6.92 Å². The van der Waals surface area contributed by atoms with E-state index < -0.39 is 0 Å². The van der Waals surface area contributed by atoms with Crippen molar-refractivity contribution in [2.24, 2.45) is 0 Å². The number of aryl methyl sites for hydroxylation is 1. The van der Waals surface area contributed by atoms with Crippen LogP contribution < -0.4 is 5.32 Å². The molecule has 1 aliphatic heterocycles. The number of piperidine rings is 1. The van der Waals surface area contributed by atoms with Gasteiger partial charge in [0.15, 0.2) is 0 Å². The molecule has 0 spiro atoms. The number of Topliss-reactive ketones (excluding diaryl/α,β-unsaturated/α-hetero) is 1. The molecule has 0 radical (unpaired) electrons. The summed E-state index contributed by atoms with van der Waals surface area (Å²) in [6, 6.07) is 5.98. The first kappa shape index (κ1) is 18.5. The van der Waals surface area contributed by atoms with Crippen LogP contribution in [0, 0.1) is 19.3 Å². The summed E-state index contributed by atoms with van der Waals surface area (Å²) >= 11 is 0. The van der Waals surface area contributed by atoms with E-state index >= 15 is 0 Å². The van der Waals surface area contributed by atoms with Crippen LogP contribution in [0.1, 0.15) is 63.1 Å². The fourth-order valence-electron chi connectivity index (χ4n) is 2.89. The molecule has 0 aromatic heterocycles. The summed E-state index contributed by atoms with van der Waals surface area (Å²) in [4.78, 5) is 12.2. The van der Waals surface area contributed by atoms with Gasteiger partial charge in [-0.15, -0.1) is 6.42 Å². The molecule has 2 heteroatoms. The molecule has 2 rings (SSSR count). The number of rotatable bonds is 3. The molecule has 1 N–H and O–H groups in total. The highest BCUT2D eigenvalue weighted by molar-refractivity contribution is 5.88. The van der Waals surface area contributed by atoms with Crippen molar-refractivity contribution < 1.29 is 4.79 Å². The molecule has 0 amide bonds. The lowest BCUT2D eigenvalue weighted by molar-refractivity contribution is -0.123. The molecular formula is C20H29NO. The molecule has 22 heavy (non-hydrogen) atoms. The van der Waals surface area contributed by atoms with Gasteiger partial charge < -0.3 is 5.32 Å². The maximum atomic E-state index is 12.2. The quantitative estimate of drug-likeness (QED) is 0.855. The molecule has 0 saturated carbocycles. The van der Waals surface area contributed by atoms with Crippen LogP contribution in [0.15, 0.2) is 18.2 Å². The third kappa shape index (κ3) is 4.21. The molecule has 0 atom stereocenters. The zero-order valence-electron chi connectivity index (χ0n) is 14.5. The predicted molar refractivity (Wildman–Crippen MR) is 94.2 cm³/mol. The summed E-state index contributed by atoms with van der Waals surface area (Å²) < 4.78 is 0. The van der Waals surface area contributed by atoms with Gasteiger partial charge in [-0.05, 0) is 63.0 Å². The molecule has 1 saturated heterocycles. The lowest BCUT2D eigenvalue weighted by atomic mass is 9.69. The highest BCUT2D eigenvalue weighted by Crippen LogP contribution is 2.36. The van der Waals surface area contributed by atoms with E-state index in [9.17, 15) is 4.79 Å². The average molecular weight is 299 g/mol. The van der Waals surface area contributed by atoms with E-state index in [4.69, 9.17) is 6.42 Å². The van der Waals surface area contributed by atoms with Gasteiger partial charge in [0.25, 0.3) is 0 Å². The monoisotopic (exact) mass is 299 g/mol. The van der Waals surface area contributed by atoms with E-state index in [2.05, 4.69) is 32.0 Å². The Morgan fingerprint density at radius 3 is 2.32 bits per heavy atom. The Labute approximate surface area is 135 Å². The van der Waals surface area contributed by atoms with E-state index in [1.165, 1.54) is 12.8 Å². The number of unbranched alkanes of at least 4 members (excludes halogenated alkanes) is 1. The SMILES string of the molecule is C#Cc1ccc(C)c(C2(C(C)=O)CCNCC2)c1.CCCC. The van der Waals surface area contributed by atoms with Crippen molar-refractivity contribution in [3.63, 3.8) is 0 Å². The standard InChI is InChI=1S/C16H19NO.C4H10/c1-4-14-6-5-12(2)15(11-14)16(13(3)18)7-9-17-10-8-16;1-3-4-2/h1,5-6,11,17H,7-10H2,2-3H3;3-4H2,1-2H3. The van der Waals surface area contributed by atoms with Crippen LogP contribution in [-0.2, 0) is 10.2 Å². The first-order valence-corrected chi connectivity index (χ1v) is 8.31. The number of carbonyl (C=O) groups is 1. The Bertz CT molecular complexity index is 531. The first-order valence-electron chi connectivity index (χ1n) is 8.31. The van der Waals surface area contributed by atoms with E-state index in [0.29, 0.717) is 0 Å². The molecule has 1 aliphatic rings. The fraction of sp³-hybridized carbons (Fsp3) is 0.550. The van der Waals surface area contributed by atoms with Gasteiger partial charge in [0.2, 0.25) is 0 Å². The summed E-state index contributed by atoms with van der Waals surface area (Å²) in [5, 5.41) is 3.32. The molecule has 1 fully saturated rings. The lowest BCUT2D eigenvalue weighted by Gasteiger charge is -2.37. The van der Waals surface area contributed by atoms with Crippen molar-refractivity contribution in [3.8, 4) is 12.3 Å². The van der Waals surface area contributed by atoms with Gasteiger partial charge in [-0.2, -0.15) is 0 Å². The molecule has 1 aromatic rings. The number of benzene rings is 1. The molecular weight excluding hydrogens is 270 g/mol. The van der Waals surface area contributed by atoms with Crippen LogP contribution >= 0.6 is 0 Å². The van der Waals surface area contributed by atoms with Gasteiger partial charge in [-0.25, -0.2) is 0 Å². The number of nitrogens with one attached hydrogen (secondary N) is 1. The van der Waals surface area contributed by atoms with E-state index in [-0.39, 0.29) is 11.2 Å². The summed E-state index contributed by atoms with van der Waals surface area (Å²) in [6.45, 7) is 9.90. The van der Waals surface area contributed by atoms with Crippen molar-refractivity contribution in [2.45, 2.75) is 58.8 Å². The van der Waals surface area contributed by atoms with Crippen LogP contribution in [0.25, 0.3) is 0 Å². The molecule has 0 unspecified atom stereocenters. The van der Waals surface area contributed by atoms with Crippen LogP contribution in [0.2, 0.25) is 0 Å². The highest BCUT2D eigenvalue weighted by atomic mass is 16.1.